The van der Waals surface area contributed by atoms with Crippen LogP contribution in [0.25, 0.3) is 0 Å². The molecule has 0 aliphatic carbocycles. The molecule has 0 aromatic heterocycles. The van der Waals surface area contributed by atoms with Crippen LogP contribution in [0.15, 0.2) is 40.9 Å². The lowest BCUT2D eigenvalue weighted by Gasteiger charge is -2.07. The highest BCUT2D eigenvalue weighted by molar-refractivity contribution is 9.10. The minimum atomic E-state index is -0.440. The van der Waals surface area contributed by atoms with E-state index >= 15 is 0 Å². The highest BCUT2D eigenvalue weighted by Crippen LogP contribution is 2.17. The molecule has 0 atom stereocenters. The van der Waals surface area contributed by atoms with Gasteiger partial charge in [0.25, 0.3) is 0 Å². The van der Waals surface area contributed by atoms with Gasteiger partial charge >= 0.3 is 0 Å². The van der Waals surface area contributed by atoms with Crippen LogP contribution in [-0.2, 0) is 13.1 Å². The lowest BCUT2D eigenvalue weighted by Crippen LogP contribution is -2.13. The Labute approximate surface area is 123 Å². The molecule has 0 unspecified atom stereocenters. The number of rotatable bonds is 4. The average Bonchev–Trinajstić information content (AvgIpc) is 2.36. The van der Waals surface area contributed by atoms with Gasteiger partial charge in [-0.25, -0.2) is 8.78 Å². The highest BCUT2D eigenvalue weighted by Gasteiger charge is 2.04. The van der Waals surface area contributed by atoms with Crippen molar-refractivity contribution in [2.45, 2.75) is 13.1 Å². The highest BCUT2D eigenvalue weighted by atomic mass is 79.9. The van der Waals surface area contributed by atoms with E-state index in [1.165, 1.54) is 12.1 Å². The first-order chi connectivity index (χ1) is 9.06. The van der Waals surface area contributed by atoms with Gasteiger partial charge in [0.2, 0.25) is 0 Å². The molecule has 0 bridgehead atoms. The fourth-order valence-electron chi connectivity index (χ4n) is 1.66. The van der Waals surface area contributed by atoms with Crippen LogP contribution in [0.3, 0.4) is 0 Å². The molecule has 0 amide bonds. The number of hydrogen-bond acceptors (Lipinski definition) is 1. The Morgan fingerprint density at radius 1 is 1.00 bits per heavy atom. The zero-order valence-corrected chi connectivity index (χ0v) is 12.2. The van der Waals surface area contributed by atoms with Crippen LogP contribution in [0.4, 0.5) is 8.78 Å². The summed E-state index contributed by atoms with van der Waals surface area (Å²) in [5.41, 5.74) is 1.43. The predicted molar refractivity (Wildman–Crippen MR) is 76.1 cm³/mol. The molecule has 0 aliphatic heterocycles. The van der Waals surface area contributed by atoms with E-state index < -0.39 is 5.82 Å². The van der Waals surface area contributed by atoms with Crippen LogP contribution in [0.2, 0.25) is 5.02 Å². The van der Waals surface area contributed by atoms with Gasteiger partial charge in [0.1, 0.15) is 11.6 Å². The normalized spacial score (nSPS) is 10.7. The fraction of sp³-hybridized carbons (Fsp3) is 0.143. The van der Waals surface area contributed by atoms with Crippen LogP contribution < -0.4 is 5.32 Å². The Hall–Kier alpha value is -0.970. The summed E-state index contributed by atoms with van der Waals surface area (Å²) in [7, 11) is 0. The molecular formula is C14H11BrClF2N. The van der Waals surface area contributed by atoms with Crippen molar-refractivity contribution in [3.63, 3.8) is 0 Å². The molecule has 100 valence electrons. The Bertz CT molecular complexity index is 590. The quantitative estimate of drug-likeness (QED) is 0.848. The second-order valence-corrected chi connectivity index (χ2v) is 5.41. The summed E-state index contributed by atoms with van der Waals surface area (Å²) in [6.07, 6.45) is 0. The third kappa shape index (κ3) is 4.00. The first kappa shape index (κ1) is 14.4. The second kappa shape index (κ2) is 6.46. The lowest BCUT2D eigenvalue weighted by molar-refractivity contribution is 0.586. The Morgan fingerprint density at radius 3 is 2.47 bits per heavy atom. The van der Waals surface area contributed by atoms with Gasteiger partial charge in [-0.15, -0.1) is 0 Å². The van der Waals surface area contributed by atoms with E-state index in [9.17, 15) is 8.78 Å². The average molecular weight is 347 g/mol. The third-order valence-electron chi connectivity index (χ3n) is 2.64. The van der Waals surface area contributed by atoms with Gasteiger partial charge in [-0.1, -0.05) is 39.7 Å². The minimum absolute atomic E-state index is 0.0918. The van der Waals surface area contributed by atoms with E-state index in [2.05, 4.69) is 21.2 Å². The van der Waals surface area contributed by atoms with Crippen LogP contribution in [-0.4, -0.2) is 0 Å². The van der Waals surface area contributed by atoms with Gasteiger partial charge in [0.15, 0.2) is 0 Å². The number of nitrogens with one attached hydrogen (secondary N) is 1. The van der Waals surface area contributed by atoms with Crippen molar-refractivity contribution in [2.24, 2.45) is 0 Å². The molecule has 2 aromatic carbocycles. The number of hydrogen-bond donors (Lipinski definition) is 1. The first-order valence-corrected chi connectivity index (χ1v) is 6.82. The van der Waals surface area contributed by atoms with Gasteiger partial charge in [0.05, 0.1) is 5.02 Å². The molecule has 1 N–H and O–H groups in total. The smallest absolute Gasteiger partial charge is 0.141 e. The molecular weight excluding hydrogens is 336 g/mol. The van der Waals surface area contributed by atoms with E-state index in [1.54, 1.807) is 24.3 Å². The number of benzene rings is 2. The minimum Gasteiger partial charge on any atom is -0.309 e. The topological polar surface area (TPSA) is 12.0 Å². The van der Waals surface area contributed by atoms with Gasteiger partial charge in [-0.3, -0.25) is 0 Å². The largest absolute Gasteiger partial charge is 0.309 e. The third-order valence-corrected chi connectivity index (χ3v) is 3.43. The van der Waals surface area contributed by atoms with E-state index in [4.69, 9.17) is 11.6 Å². The summed E-state index contributed by atoms with van der Waals surface area (Å²) < 4.78 is 27.2. The summed E-state index contributed by atoms with van der Waals surface area (Å²) in [6, 6.07) is 9.44. The van der Waals surface area contributed by atoms with Crippen LogP contribution in [0.5, 0.6) is 0 Å². The van der Waals surface area contributed by atoms with Crippen molar-refractivity contribution in [3.05, 3.63) is 68.7 Å². The van der Waals surface area contributed by atoms with Gasteiger partial charge in [-0.05, 0) is 29.8 Å². The molecule has 0 radical (unpaired) electrons. The molecule has 0 spiro atoms. The van der Waals surface area contributed by atoms with Gasteiger partial charge in [0, 0.05) is 23.1 Å². The summed E-state index contributed by atoms with van der Waals surface area (Å²) in [5, 5.41) is 3.18. The van der Waals surface area contributed by atoms with Crippen LogP contribution >= 0.6 is 27.5 Å². The second-order valence-electron chi connectivity index (χ2n) is 4.09. The first-order valence-electron chi connectivity index (χ1n) is 5.65. The molecule has 0 fully saturated rings. The Morgan fingerprint density at radius 2 is 1.79 bits per heavy atom. The van der Waals surface area contributed by atoms with Crippen molar-refractivity contribution in [1.29, 1.82) is 0 Å². The monoisotopic (exact) mass is 345 g/mol. The van der Waals surface area contributed by atoms with Crippen LogP contribution in [0, 0.1) is 11.6 Å². The summed E-state index contributed by atoms with van der Waals surface area (Å²) in [6.45, 7) is 0.892. The molecule has 19 heavy (non-hydrogen) atoms. The molecule has 0 aliphatic rings. The maximum Gasteiger partial charge on any atom is 0.141 e. The molecule has 5 heteroatoms. The van der Waals surface area contributed by atoms with E-state index in [0.29, 0.717) is 23.1 Å². The van der Waals surface area contributed by atoms with E-state index in [1.807, 2.05) is 0 Å². The standard InChI is InChI=1S/C14H11BrClF2N/c15-11-3-2-10(14(18)6-11)8-19-7-9-1-4-13(17)12(16)5-9/h1-6,19H,7-8H2. The zero-order chi connectivity index (χ0) is 13.8. The maximum absolute atomic E-state index is 13.6. The Balaban J connectivity index is 1.94. The zero-order valence-electron chi connectivity index (χ0n) is 9.89. The van der Waals surface area contributed by atoms with E-state index in [-0.39, 0.29) is 10.8 Å². The van der Waals surface area contributed by atoms with Crippen molar-refractivity contribution in [1.82, 2.24) is 5.32 Å². The van der Waals surface area contributed by atoms with E-state index in [0.717, 1.165) is 5.56 Å². The summed E-state index contributed by atoms with van der Waals surface area (Å²) in [5.74, 6) is -0.705. The lowest BCUT2D eigenvalue weighted by atomic mass is 10.2. The van der Waals surface area contributed by atoms with Crippen molar-refractivity contribution in [3.8, 4) is 0 Å². The molecule has 0 saturated carbocycles. The SMILES string of the molecule is Fc1ccc(CNCc2ccc(Br)cc2F)cc1Cl. The van der Waals surface area contributed by atoms with Gasteiger partial charge in [-0.2, -0.15) is 0 Å². The molecule has 2 aromatic rings. The predicted octanol–water partition coefficient (Wildman–Crippen LogP) is 4.67. The van der Waals surface area contributed by atoms with Crippen molar-refractivity contribution in [2.75, 3.05) is 0 Å². The summed E-state index contributed by atoms with van der Waals surface area (Å²) in [4.78, 5) is 0. The Kier molecular flexibility index (Phi) is 4.91. The maximum atomic E-state index is 13.6. The van der Waals surface area contributed by atoms with Crippen LogP contribution in [0.1, 0.15) is 11.1 Å². The molecule has 1 nitrogen and oxygen atoms in total. The summed E-state index contributed by atoms with van der Waals surface area (Å²) >= 11 is 8.89. The van der Waals surface area contributed by atoms with Crippen molar-refractivity contribution >= 4 is 27.5 Å². The number of halogens is 4. The molecule has 0 heterocycles. The molecule has 0 saturated heterocycles. The van der Waals surface area contributed by atoms with Crippen molar-refractivity contribution < 1.29 is 8.78 Å². The van der Waals surface area contributed by atoms with Gasteiger partial charge < -0.3 is 5.32 Å². The fourth-order valence-corrected chi connectivity index (χ4v) is 2.19. The molecule has 2 rings (SSSR count).